The van der Waals surface area contributed by atoms with Gasteiger partial charge in [-0.25, -0.2) is 21.9 Å². The molecule has 1 aromatic carbocycles. The smallest absolute Gasteiger partial charge is 0.359 e. The molecule has 3 heterocycles. The third-order valence-corrected chi connectivity index (χ3v) is 10.7. The van der Waals surface area contributed by atoms with Crippen LogP contribution in [0.3, 0.4) is 0 Å². The van der Waals surface area contributed by atoms with Crippen molar-refractivity contribution in [2.75, 3.05) is 29.4 Å². The number of nitrogens with two attached hydrogens (primary N) is 1. The zero-order valence-corrected chi connectivity index (χ0v) is 23.1. The molecule has 0 radical (unpaired) electrons. The molecule has 224 valence electrons. The normalized spacial score (nSPS) is 25.5. The number of halogens is 5. The third-order valence-electron chi connectivity index (χ3n) is 8.50. The van der Waals surface area contributed by atoms with Crippen LogP contribution in [-0.2, 0) is 20.8 Å². The van der Waals surface area contributed by atoms with Gasteiger partial charge in [0.25, 0.3) is 5.92 Å². The Labute approximate surface area is 233 Å². The lowest BCUT2D eigenvalue weighted by Crippen LogP contribution is -2.56. The van der Waals surface area contributed by atoms with Gasteiger partial charge in [0, 0.05) is 18.3 Å². The number of anilines is 2. The molecule has 0 spiro atoms. The van der Waals surface area contributed by atoms with Crippen LogP contribution in [0.15, 0.2) is 29.2 Å². The van der Waals surface area contributed by atoms with E-state index in [-0.39, 0.29) is 24.7 Å². The molecular formula is C26H31F5N6O3S. The molecule has 2 aliphatic carbocycles. The molecule has 1 amide bonds. The van der Waals surface area contributed by atoms with Gasteiger partial charge in [0.2, 0.25) is 5.91 Å². The van der Waals surface area contributed by atoms with Crippen LogP contribution in [0.1, 0.15) is 55.8 Å². The van der Waals surface area contributed by atoms with Crippen molar-refractivity contribution in [1.29, 1.82) is 0 Å². The van der Waals surface area contributed by atoms with Crippen molar-refractivity contribution in [3.05, 3.63) is 35.5 Å². The summed E-state index contributed by atoms with van der Waals surface area (Å²) in [6, 6.07) is 3.40. The standard InChI is InChI=1S/C26H31F5N6O3S/c1-15-9-22(37(34-15)16-3-2-4-16)36-12-18(11-20(36)23(38)33-25(32)7-8-25)41(39,40)21-6-5-17(10-19(21)26(29,30)31)35-13-24(27,28)14-35/h5-6,9-10,16,18,20H,2-4,7-8,11-14,32H2,1H3,(H,33,38)/t18-,20+/m1/s1. The number of aromatic nitrogens is 2. The van der Waals surface area contributed by atoms with Crippen LogP contribution < -0.4 is 20.9 Å². The number of hydrogen-bond acceptors (Lipinski definition) is 7. The van der Waals surface area contributed by atoms with Crippen molar-refractivity contribution in [2.45, 2.75) is 85.4 Å². The van der Waals surface area contributed by atoms with Crippen LogP contribution >= 0.6 is 0 Å². The summed E-state index contributed by atoms with van der Waals surface area (Å²) >= 11 is 0. The number of amides is 1. The van der Waals surface area contributed by atoms with E-state index in [0.29, 0.717) is 30.4 Å². The van der Waals surface area contributed by atoms with E-state index in [1.807, 2.05) is 0 Å². The first kappa shape index (κ1) is 28.2. The molecule has 2 aromatic rings. The Kier molecular flexibility index (Phi) is 6.38. The molecule has 9 nitrogen and oxygen atoms in total. The van der Waals surface area contributed by atoms with E-state index < -0.39 is 68.3 Å². The summed E-state index contributed by atoms with van der Waals surface area (Å²) in [5.41, 5.74) is 4.34. The summed E-state index contributed by atoms with van der Waals surface area (Å²) < 4.78 is 98.8. The Morgan fingerprint density at radius 2 is 1.83 bits per heavy atom. The number of rotatable bonds is 7. The zero-order valence-electron chi connectivity index (χ0n) is 22.3. The second kappa shape index (κ2) is 9.28. The Hall–Kier alpha value is -2.94. The molecule has 1 aromatic heterocycles. The molecule has 3 N–H and O–H groups in total. The quantitative estimate of drug-likeness (QED) is 0.369. The molecule has 15 heteroatoms. The number of hydrogen-bond donors (Lipinski definition) is 2. The Morgan fingerprint density at radius 1 is 1.15 bits per heavy atom. The van der Waals surface area contributed by atoms with Crippen LogP contribution in [0.2, 0.25) is 0 Å². The highest BCUT2D eigenvalue weighted by Gasteiger charge is 2.50. The zero-order chi connectivity index (χ0) is 29.5. The first-order valence-corrected chi connectivity index (χ1v) is 15.1. The molecule has 2 saturated heterocycles. The Bertz CT molecular complexity index is 1480. The number of benzene rings is 1. The Morgan fingerprint density at radius 3 is 2.39 bits per heavy atom. The molecule has 2 atom stereocenters. The van der Waals surface area contributed by atoms with E-state index in [2.05, 4.69) is 10.4 Å². The fourth-order valence-electron chi connectivity index (χ4n) is 5.79. The predicted molar refractivity (Wildman–Crippen MR) is 139 cm³/mol. The van der Waals surface area contributed by atoms with Gasteiger partial charge in [0.1, 0.15) is 11.9 Å². The van der Waals surface area contributed by atoms with Gasteiger partial charge in [-0.3, -0.25) is 4.79 Å². The van der Waals surface area contributed by atoms with Gasteiger partial charge in [0.05, 0.1) is 46.2 Å². The summed E-state index contributed by atoms with van der Waals surface area (Å²) in [5, 5.41) is 5.98. The Balaban J connectivity index is 1.35. The van der Waals surface area contributed by atoms with Crippen molar-refractivity contribution < 1.29 is 35.2 Å². The van der Waals surface area contributed by atoms with Gasteiger partial charge in [-0.1, -0.05) is 0 Å². The van der Waals surface area contributed by atoms with Gasteiger partial charge in [-0.2, -0.15) is 18.3 Å². The summed E-state index contributed by atoms with van der Waals surface area (Å²) in [7, 11) is -4.63. The molecule has 4 aliphatic rings. The van der Waals surface area contributed by atoms with E-state index in [9.17, 15) is 35.2 Å². The first-order valence-electron chi connectivity index (χ1n) is 13.6. The van der Waals surface area contributed by atoms with E-state index in [1.54, 1.807) is 22.6 Å². The van der Waals surface area contributed by atoms with Crippen LogP contribution in [0, 0.1) is 6.92 Å². The average Bonchev–Trinajstić information content (AvgIpc) is 3.22. The molecule has 6 rings (SSSR count). The second-order valence-corrected chi connectivity index (χ2v) is 14.0. The number of sulfone groups is 1. The van der Waals surface area contributed by atoms with Gasteiger partial charge >= 0.3 is 6.18 Å². The van der Waals surface area contributed by atoms with Crippen molar-refractivity contribution >= 4 is 27.2 Å². The lowest BCUT2D eigenvalue weighted by atomic mass is 9.93. The number of carbonyl (C=O) groups is 1. The number of alkyl halides is 5. The van der Waals surface area contributed by atoms with E-state index in [0.717, 1.165) is 36.3 Å². The van der Waals surface area contributed by atoms with E-state index in [1.165, 1.54) is 0 Å². The molecule has 0 bridgehead atoms. The summed E-state index contributed by atoms with van der Waals surface area (Å²) in [5.74, 6) is -2.97. The maximum absolute atomic E-state index is 14.2. The van der Waals surface area contributed by atoms with Crippen molar-refractivity contribution in [3.8, 4) is 0 Å². The first-order chi connectivity index (χ1) is 19.1. The SMILES string of the molecule is Cc1cc(N2C[C@H](S(=O)(=O)c3ccc(N4CC(F)(F)C4)cc3C(F)(F)F)C[C@H]2C(=O)NC2(N)CC2)n(C2CCC2)n1. The minimum atomic E-state index is -5.06. The topological polar surface area (TPSA) is 114 Å². The van der Waals surface area contributed by atoms with Gasteiger partial charge < -0.3 is 20.9 Å². The highest BCUT2D eigenvalue weighted by molar-refractivity contribution is 7.92. The number of nitrogens with zero attached hydrogens (tertiary/aromatic N) is 4. The van der Waals surface area contributed by atoms with Crippen molar-refractivity contribution in [1.82, 2.24) is 15.1 Å². The molecule has 2 saturated carbocycles. The summed E-state index contributed by atoms with van der Waals surface area (Å²) in [6.07, 6.45) is -1.43. The lowest BCUT2D eigenvalue weighted by molar-refractivity contribution is -0.139. The van der Waals surface area contributed by atoms with Crippen molar-refractivity contribution in [2.24, 2.45) is 5.73 Å². The summed E-state index contributed by atoms with van der Waals surface area (Å²) in [6.45, 7) is 0.0541. The highest BCUT2D eigenvalue weighted by Crippen LogP contribution is 2.43. The fraction of sp³-hybridized carbons (Fsp3) is 0.615. The largest absolute Gasteiger partial charge is 0.417 e. The van der Waals surface area contributed by atoms with Crippen molar-refractivity contribution in [3.63, 3.8) is 0 Å². The second-order valence-electron chi connectivity index (χ2n) is 11.8. The fourth-order valence-corrected chi connectivity index (χ4v) is 7.68. The number of carbonyl (C=O) groups excluding carboxylic acids is 1. The lowest BCUT2D eigenvalue weighted by Gasteiger charge is -2.40. The number of aryl methyl sites for hydroxylation is 1. The van der Waals surface area contributed by atoms with E-state index >= 15 is 0 Å². The maximum Gasteiger partial charge on any atom is 0.417 e. The molecule has 0 unspecified atom stereocenters. The highest BCUT2D eigenvalue weighted by atomic mass is 32.2. The van der Waals surface area contributed by atoms with Crippen LogP contribution in [0.5, 0.6) is 0 Å². The third kappa shape index (κ3) is 5.15. The van der Waals surface area contributed by atoms with Crippen LogP contribution in [0.25, 0.3) is 0 Å². The average molecular weight is 603 g/mol. The molecule has 2 aliphatic heterocycles. The van der Waals surface area contributed by atoms with Crippen LogP contribution in [-0.4, -0.2) is 66.6 Å². The molecule has 41 heavy (non-hydrogen) atoms. The minimum absolute atomic E-state index is 0.0839. The molecular weight excluding hydrogens is 571 g/mol. The predicted octanol–water partition coefficient (Wildman–Crippen LogP) is 3.38. The van der Waals surface area contributed by atoms with E-state index in [4.69, 9.17) is 5.73 Å². The molecule has 4 fully saturated rings. The van der Waals surface area contributed by atoms with Crippen LogP contribution in [0.4, 0.5) is 33.5 Å². The summed E-state index contributed by atoms with van der Waals surface area (Å²) in [4.78, 5) is 15.1. The number of nitrogens with one attached hydrogen (secondary N) is 1. The van der Waals surface area contributed by atoms with Gasteiger partial charge in [0.15, 0.2) is 9.84 Å². The monoisotopic (exact) mass is 602 g/mol. The van der Waals surface area contributed by atoms with Gasteiger partial charge in [-0.15, -0.1) is 0 Å². The van der Waals surface area contributed by atoms with Gasteiger partial charge in [-0.05, 0) is 63.6 Å². The maximum atomic E-state index is 14.2. The minimum Gasteiger partial charge on any atom is -0.359 e.